The first-order valence-corrected chi connectivity index (χ1v) is 10.0. The summed E-state index contributed by atoms with van der Waals surface area (Å²) in [5, 5.41) is 0. The number of ether oxygens (including phenoxy) is 2. The largest absolute Gasteiger partial charge is 0.469 e. The second kappa shape index (κ2) is 10.0. The lowest BCUT2D eigenvalue weighted by Crippen LogP contribution is -2.36. The molecule has 0 saturated heterocycles. The molecule has 1 amide bonds. The van der Waals surface area contributed by atoms with E-state index in [0.29, 0.717) is 16.7 Å². The van der Waals surface area contributed by atoms with Gasteiger partial charge in [-0.1, -0.05) is 6.07 Å². The Balaban J connectivity index is 2.49. The maximum absolute atomic E-state index is 13.4. The van der Waals surface area contributed by atoms with Crippen molar-refractivity contribution in [3.05, 3.63) is 53.3 Å². The molecule has 0 fully saturated rings. The SMILES string of the molecule is CCN(Cc1cc(C(F)(F)F)ccc1-c1cncc(CC(=O)OC)c1)C(=O)OC(C)(C)C. The van der Waals surface area contributed by atoms with Gasteiger partial charge in [-0.2, -0.15) is 13.2 Å². The van der Waals surface area contributed by atoms with Gasteiger partial charge >= 0.3 is 18.2 Å². The Kier molecular flexibility index (Phi) is 7.87. The molecule has 0 bridgehead atoms. The van der Waals surface area contributed by atoms with Crippen LogP contribution in [0.15, 0.2) is 36.7 Å². The average molecular weight is 452 g/mol. The number of esters is 1. The summed E-state index contributed by atoms with van der Waals surface area (Å²) in [7, 11) is 1.27. The Morgan fingerprint density at radius 2 is 1.78 bits per heavy atom. The molecule has 32 heavy (non-hydrogen) atoms. The van der Waals surface area contributed by atoms with Gasteiger partial charge in [-0.15, -0.1) is 0 Å². The van der Waals surface area contributed by atoms with Gasteiger partial charge in [-0.3, -0.25) is 9.78 Å². The first kappa shape index (κ1) is 25.2. The maximum atomic E-state index is 13.4. The number of halogens is 3. The minimum Gasteiger partial charge on any atom is -0.469 e. The molecule has 2 aromatic rings. The van der Waals surface area contributed by atoms with Crippen LogP contribution in [0.3, 0.4) is 0 Å². The number of rotatable bonds is 6. The van der Waals surface area contributed by atoms with Crippen LogP contribution in [-0.2, 0) is 33.4 Å². The van der Waals surface area contributed by atoms with E-state index in [1.807, 2.05) is 0 Å². The summed E-state index contributed by atoms with van der Waals surface area (Å²) in [6.07, 6.45) is -2.20. The van der Waals surface area contributed by atoms with E-state index < -0.39 is 29.4 Å². The number of nitrogens with zero attached hydrogens (tertiary/aromatic N) is 2. The zero-order valence-corrected chi connectivity index (χ0v) is 18.7. The van der Waals surface area contributed by atoms with Gasteiger partial charge < -0.3 is 14.4 Å². The molecule has 2 rings (SSSR count). The quantitative estimate of drug-likeness (QED) is 0.561. The molecule has 0 spiro atoms. The van der Waals surface area contributed by atoms with Crippen LogP contribution in [0.1, 0.15) is 44.4 Å². The minimum atomic E-state index is -4.54. The first-order valence-electron chi connectivity index (χ1n) is 10.0. The van der Waals surface area contributed by atoms with Gasteiger partial charge in [0.1, 0.15) is 5.60 Å². The second-order valence-corrected chi connectivity index (χ2v) is 8.20. The van der Waals surface area contributed by atoms with E-state index in [1.165, 1.54) is 30.5 Å². The molecule has 0 aliphatic carbocycles. The summed E-state index contributed by atoms with van der Waals surface area (Å²) < 4.78 is 50.2. The van der Waals surface area contributed by atoms with Crippen molar-refractivity contribution in [3.8, 4) is 11.1 Å². The minimum absolute atomic E-state index is 0.0215. The molecule has 0 atom stereocenters. The summed E-state index contributed by atoms with van der Waals surface area (Å²) >= 11 is 0. The zero-order valence-electron chi connectivity index (χ0n) is 18.7. The number of hydrogen-bond donors (Lipinski definition) is 0. The van der Waals surface area contributed by atoms with Gasteiger partial charge in [0.25, 0.3) is 0 Å². The Bertz CT molecular complexity index is 968. The lowest BCUT2D eigenvalue weighted by Gasteiger charge is -2.27. The molecule has 0 aliphatic rings. The molecule has 0 saturated carbocycles. The summed E-state index contributed by atoms with van der Waals surface area (Å²) in [6, 6.07) is 5.02. The number of benzene rings is 1. The van der Waals surface area contributed by atoms with Gasteiger partial charge in [-0.25, -0.2) is 4.79 Å². The third-order valence-electron chi connectivity index (χ3n) is 4.51. The van der Waals surface area contributed by atoms with Gasteiger partial charge in [0.2, 0.25) is 0 Å². The summed E-state index contributed by atoms with van der Waals surface area (Å²) in [6.45, 7) is 7.01. The molecule has 1 aromatic heterocycles. The van der Waals surface area contributed by atoms with Crippen molar-refractivity contribution in [2.45, 2.75) is 52.4 Å². The van der Waals surface area contributed by atoms with E-state index in [4.69, 9.17) is 4.74 Å². The van der Waals surface area contributed by atoms with Crippen molar-refractivity contribution in [3.63, 3.8) is 0 Å². The zero-order chi connectivity index (χ0) is 24.1. The number of methoxy groups -OCH3 is 1. The van der Waals surface area contributed by atoms with Crippen molar-refractivity contribution < 1.29 is 32.2 Å². The Labute approximate surface area is 185 Å². The fourth-order valence-corrected chi connectivity index (χ4v) is 2.99. The number of pyridine rings is 1. The highest BCUT2D eigenvalue weighted by Crippen LogP contribution is 2.34. The number of aromatic nitrogens is 1. The molecule has 0 unspecified atom stereocenters. The monoisotopic (exact) mass is 452 g/mol. The van der Waals surface area contributed by atoms with Crippen LogP contribution in [0.4, 0.5) is 18.0 Å². The van der Waals surface area contributed by atoms with Crippen molar-refractivity contribution in [2.24, 2.45) is 0 Å². The molecule has 0 N–H and O–H groups in total. The Morgan fingerprint density at radius 1 is 1.09 bits per heavy atom. The van der Waals surface area contributed by atoms with Crippen molar-refractivity contribution in [1.82, 2.24) is 9.88 Å². The number of alkyl halides is 3. The van der Waals surface area contributed by atoms with E-state index >= 15 is 0 Å². The van der Waals surface area contributed by atoms with E-state index in [9.17, 15) is 22.8 Å². The highest BCUT2D eigenvalue weighted by Gasteiger charge is 2.32. The third kappa shape index (κ3) is 6.96. The highest BCUT2D eigenvalue weighted by molar-refractivity contribution is 5.74. The van der Waals surface area contributed by atoms with E-state index in [0.717, 1.165) is 12.1 Å². The third-order valence-corrected chi connectivity index (χ3v) is 4.51. The molecule has 0 radical (unpaired) electrons. The van der Waals surface area contributed by atoms with Crippen LogP contribution >= 0.6 is 0 Å². The van der Waals surface area contributed by atoms with Crippen LogP contribution in [-0.4, -0.2) is 41.2 Å². The van der Waals surface area contributed by atoms with Gasteiger partial charge in [0, 0.05) is 31.0 Å². The fourth-order valence-electron chi connectivity index (χ4n) is 2.99. The van der Waals surface area contributed by atoms with Crippen molar-refractivity contribution in [2.75, 3.05) is 13.7 Å². The fraction of sp³-hybridized carbons (Fsp3) is 0.435. The van der Waals surface area contributed by atoms with Crippen molar-refractivity contribution in [1.29, 1.82) is 0 Å². The molecule has 9 heteroatoms. The van der Waals surface area contributed by atoms with E-state index in [1.54, 1.807) is 33.8 Å². The van der Waals surface area contributed by atoms with Gasteiger partial charge in [-0.05, 0) is 62.6 Å². The number of carbonyl (C=O) groups is 2. The van der Waals surface area contributed by atoms with Crippen LogP contribution in [0.2, 0.25) is 0 Å². The Hall–Kier alpha value is -3.10. The van der Waals surface area contributed by atoms with E-state index in [2.05, 4.69) is 9.72 Å². The molecular formula is C23H27F3N2O4. The molecular weight excluding hydrogens is 425 g/mol. The highest BCUT2D eigenvalue weighted by atomic mass is 19.4. The lowest BCUT2D eigenvalue weighted by molar-refractivity contribution is -0.140. The van der Waals surface area contributed by atoms with Gasteiger partial charge in [0.05, 0.1) is 19.1 Å². The predicted octanol–water partition coefficient (Wildman–Crippen LogP) is 5.24. The molecule has 0 aliphatic heterocycles. The topological polar surface area (TPSA) is 68.7 Å². The van der Waals surface area contributed by atoms with Crippen molar-refractivity contribution >= 4 is 12.1 Å². The molecule has 1 aromatic carbocycles. The van der Waals surface area contributed by atoms with Crippen LogP contribution in [0.25, 0.3) is 11.1 Å². The molecule has 1 heterocycles. The average Bonchev–Trinajstić information content (AvgIpc) is 2.69. The maximum Gasteiger partial charge on any atom is 0.416 e. The smallest absolute Gasteiger partial charge is 0.416 e. The predicted molar refractivity (Wildman–Crippen MR) is 113 cm³/mol. The number of hydrogen-bond acceptors (Lipinski definition) is 5. The van der Waals surface area contributed by atoms with Gasteiger partial charge in [0.15, 0.2) is 0 Å². The van der Waals surface area contributed by atoms with Crippen LogP contribution in [0.5, 0.6) is 0 Å². The summed E-state index contributed by atoms with van der Waals surface area (Å²) in [4.78, 5) is 29.6. The summed E-state index contributed by atoms with van der Waals surface area (Å²) in [5.41, 5.74) is 0.266. The molecule has 6 nitrogen and oxygen atoms in total. The van der Waals surface area contributed by atoms with E-state index in [-0.39, 0.29) is 25.1 Å². The normalized spacial score (nSPS) is 11.8. The standard InChI is InChI=1S/C23H27F3N2O4/c1-6-28(21(30)32-22(2,3)4)14-17-11-18(23(24,25)26)7-8-19(17)16-9-15(12-27-13-16)10-20(29)31-5/h7-9,11-13H,6,10,14H2,1-5H3. The number of carbonyl (C=O) groups excluding carboxylic acids is 2. The van der Waals surface area contributed by atoms with Crippen LogP contribution in [0, 0.1) is 0 Å². The first-order chi connectivity index (χ1) is 14.8. The Morgan fingerprint density at radius 3 is 2.34 bits per heavy atom. The molecule has 174 valence electrons. The van der Waals surface area contributed by atoms with Crippen LogP contribution < -0.4 is 0 Å². The lowest BCUT2D eigenvalue weighted by atomic mass is 9.96. The number of amides is 1. The summed E-state index contributed by atoms with van der Waals surface area (Å²) in [5.74, 6) is -0.460. The second-order valence-electron chi connectivity index (χ2n) is 8.20.